The molecule has 1 saturated heterocycles. The molecule has 3 rings (SSSR count). The molecule has 2 amide bonds. The molecular formula is C24H30N2O5. The van der Waals surface area contributed by atoms with E-state index < -0.39 is 6.09 Å². The number of benzene rings is 2. The van der Waals surface area contributed by atoms with Crippen LogP contribution in [0.1, 0.15) is 30.4 Å². The molecule has 31 heavy (non-hydrogen) atoms. The molecule has 1 aliphatic rings. The lowest BCUT2D eigenvalue weighted by atomic mass is 10.0. The molecule has 0 saturated carbocycles. The number of nitrogens with zero attached hydrogens (tertiary/aromatic N) is 1. The maximum Gasteiger partial charge on any atom is 0.407 e. The van der Waals surface area contributed by atoms with Crippen molar-refractivity contribution in [1.82, 2.24) is 10.2 Å². The molecule has 1 aliphatic heterocycles. The number of hydrogen-bond donors (Lipinski definition) is 1. The second kappa shape index (κ2) is 11.2. The van der Waals surface area contributed by atoms with Crippen LogP contribution in [0, 0.1) is 0 Å². The van der Waals surface area contributed by atoms with Crippen LogP contribution in [0.15, 0.2) is 48.5 Å². The van der Waals surface area contributed by atoms with Gasteiger partial charge in [0.25, 0.3) is 0 Å². The smallest absolute Gasteiger partial charge is 0.407 e. The van der Waals surface area contributed by atoms with Crippen molar-refractivity contribution in [2.45, 2.75) is 38.3 Å². The summed E-state index contributed by atoms with van der Waals surface area (Å²) in [7, 11) is 3.20. The van der Waals surface area contributed by atoms with E-state index >= 15 is 0 Å². The molecule has 2 aromatic carbocycles. The van der Waals surface area contributed by atoms with E-state index in [1.807, 2.05) is 53.4 Å². The normalized spacial score (nSPS) is 14.1. The fourth-order valence-corrected chi connectivity index (χ4v) is 3.65. The molecule has 0 atom stereocenters. The average molecular weight is 427 g/mol. The van der Waals surface area contributed by atoms with Gasteiger partial charge in [-0.05, 0) is 42.5 Å². The Kier molecular flexibility index (Phi) is 8.15. The number of carbonyl (C=O) groups is 2. The van der Waals surface area contributed by atoms with Crippen LogP contribution in [0.4, 0.5) is 4.79 Å². The lowest BCUT2D eigenvalue weighted by Crippen LogP contribution is -2.46. The Morgan fingerprint density at radius 2 is 1.68 bits per heavy atom. The van der Waals surface area contributed by atoms with Crippen LogP contribution in [0.25, 0.3) is 0 Å². The third kappa shape index (κ3) is 6.64. The van der Waals surface area contributed by atoms with Crippen LogP contribution in [-0.4, -0.2) is 50.3 Å². The number of hydrogen-bond acceptors (Lipinski definition) is 5. The minimum absolute atomic E-state index is 0.0261. The van der Waals surface area contributed by atoms with Gasteiger partial charge in [0.2, 0.25) is 5.91 Å². The Morgan fingerprint density at radius 3 is 2.35 bits per heavy atom. The number of piperidine rings is 1. The summed E-state index contributed by atoms with van der Waals surface area (Å²) in [5.41, 5.74) is 1.98. The Balaban J connectivity index is 1.38. The number of carbonyl (C=O) groups excluding carboxylic acids is 2. The quantitative estimate of drug-likeness (QED) is 0.699. The summed E-state index contributed by atoms with van der Waals surface area (Å²) in [4.78, 5) is 26.5. The highest BCUT2D eigenvalue weighted by Crippen LogP contribution is 2.28. The summed E-state index contributed by atoms with van der Waals surface area (Å²) >= 11 is 0. The third-order valence-corrected chi connectivity index (χ3v) is 5.46. The summed E-state index contributed by atoms with van der Waals surface area (Å²) in [6.45, 7) is 1.52. The molecule has 0 unspecified atom stereocenters. The van der Waals surface area contributed by atoms with E-state index in [4.69, 9.17) is 14.2 Å². The first-order valence-corrected chi connectivity index (χ1v) is 10.5. The van der Waals surface area contributed by atoms with Crippen molar-refractivity contribution in [3.05, 3.63) is 59.7 Å². The van der Waals surface area contributed by atoms with Gasteiger partial charge in [-0.25, -0.2) is 4.79 Å². The van der Waals surface area contributed by atoms with Crippen molar-refractivity contribution in [3.8, 4) is 11.5 Å². The average Bonchev–Trinajstić information content (AvgIpc) is 2.82. The minimum atomic E-state index is -0.415. The maximum atomic E-state index is 12.6. The van der Waals surface area contributed by atoms with Crippen LogP contribution in [0.3, 0.4) is 0 Å². The number of amides is 2. The summed E-state index contributed by atoms with van der Waals surface area (Å²) in [6.07, 6.45) is 2.11. The Labute approximate surface area is 183 Å². The minimum Gasteiger partial charge on any atom is -0.493 e. The summed E-state index contributed by atoms with van der Waals surface area (Å²) in [5.74, 6) is 1.47. The van der Waals surface area contributed by atoms with E-state index in [1.54, 1.807) is 14.2 Å². The second-order valence-corrected chi connectivity index (χ2v) is 7.55. The molecule has 1 N–H and O–H groups in total. The SMILES string of the molecule is COc1ccc(CCC(=O)N2CCC(NC(=O)OCc3ccccc3)CC2)cc1OC. The van der Waals surface area contributed by atoms with Crippen molar-refractivity contribution in [1.29, 1.82) is 0 Å². The van der Waals surface area contributed by atoms with Crippen LogP contribution in [0.5, 0.6) is 11.5 Å². The number of aryl methyl sites for hydroxylation is 1. The Morgan fingerprint density at radius 1 is 0.968 bits per heavy atom. The van der Waals surface area contributed by atoms with Gasteiger partial charge in [0, 0.05) is 25.6 Å². The van der Waals surface area contributed by atoms with Crippen LogP contribution in [-0.2, 0) is 22.6 Å². The number of rotatable bonds is 8. The molecule has 0 radical (unpaired) electrons. The number of ether oxygens (including phenoxy) is 3. The fraction of sp³-hybridized carbons (Fsp3) is 0.417. The molecule has 0 bridgehead atoms. The van der Waals surface area contributed by atoms with Crippen molar-refractivity contribution >= 4 is 12.0 Å². The third-order valence-electron chi connectivity index (χ3n) is 5.46. The van der Waals surface area contributed by atoms with E-state index in [2.05, 4.69) is 5.32 Å². The van der Waals surface area contributed by atoms with Crippen molar-refractivity contribution in [3.63, 3.8) is 0 Å². The lowest BCUT2D eigenvalue weighted by molar-refractivity contribution is -0.132. The fourth-order valence-electron chi connectivity index (χ4n) is 3.65. The first-order valence-electron chi connectivity index (χ1n) is 10.5. The van der Waals surface area contributed by atoms with E-state index in [1.165, 1.54) is 0 Å². The zero-order chi connectivity index (χ0) is 22.1. The number of methoxy groups -OCH3 is 2. The highest BCUT2D eigenvalue weighted by molar-refractivity contribution is 5.76. The molecule has 2 aromatic rings. The van der Waals surface area contributed by atoms with Gasteiger partial charge < -0.3 is 24.4 Å². The van der Waals surface area contributed by atoms with Gasteiger partial charge in [-0.15, -0.1) is 0 Å². The molecule has 166 valence electrons. The standard InChI is InChI=1S/C24H30N2O5/c1-29-21-10-8-18(16-22(21)30-2)9-11-23(27)26-14-12-20(13-15-26)25-24(28)31-17-19-6-4-3-5-7-19/h3-8,10,16,20H,9,11-15,17H2,1-2H3,(H,25,28). The summed E-state index contributed by atoms with van der Waals surface area (Å²) < 4.78 is 15.8. The lowest BCUT2D eigenvalue weighted by Gasteiger charge is -2.32. The molecule has 7 heteroatoms. The predicted molar refractivity (Wildman–Crippen MR) is 117 cm³/mol. The van der Waals surface area contributed by atoms with E-state index in [0.717, 1.165) is 24.0 Å². The van der Waals surface area contributed by atoms with Crippen LogP contribution < -0.4 is 14.8 Å². The summed E-state index contributed by atoms with van der Waals surface area (Å²) in [6, 6.07) is 15.3. The molecule has 0 aliphatic carbocycles. The van der Waals surface area contributed by atoms with Gasteiger partial charge in [-0.3, -0.25) is 4.79 Å². The van der Waals surface area contributed by atoms with Gasteiger partial charge in [-0.2, -0.15) is 0 Å². The van der Waals surface area contributed by atoms with Crippen molar-refractivity contribution in [2.75, 3.05) is 27.3 Å². The van der Waals surface area contributed by atoms with Gasteiger partial charge >= 0.3 is 6.09 Å². The monoisotopic (exact) mass is 426 g/mol. The Bertz CT molecular complexity index is 864. The Hall–Kier alpha value is -3.22. The van der Waals surface area contributed by atoms with Gasteiger partial charge in [0.1, 0.15) is 6.61 Å². The van der Waals surface area contributed by atoms with Gasteiger partial charge in [0.15, 0.2) is 11.5 Å². The zero-order valence-electron chi connectivity index (χ0n) is 18.1. The van der Waals surface area contributed by atoms with Crippen molar-refractivity contribution in [2.24, 2.45) is 0 Å². The summed E-state index contributed by atoms with van der Waals surface area (Å²) in [5, 5.41) is 2.91. The van der Waals surface area contributed by atoms with E-state index in [9.17, 15) is 9.59 Å². The van der Waals surface area contributed by atoms with Crippen LogP contribution in [0.2, 0.25) is 0 Å². The molecule has 7 nitrogen and oxygen atoms in total. The second-order valence-electron chi connectivity index (χ2n) is 7.55. The van der Waals surface area contributed by atoms with Gasteiger partial charge in [-0.1, -0.05) is 36.4 Å². The highest BCUT2D eigenvalue weighted by Gasteiger charge is 2.24. The van der Waals surface area contributed by atoms with E-state index in [-0.39, 0.29) is 18.6 Å². The molecular weight excluding hydrogens is 396 g/mol. The van der Waals surface area contributed by atoms with Crippen LogP contribution >= 0.6 is 0 Å². The molecule has 0 aromatic heterocycles. The van der Waals surface area contributed by atoms with Gasteiger partial charge in [0.05, 0.1) is 14.2 Å². The highest BCUT2D eigenvalue weighted by atomic mass is 16.5. The van der Waals surface area contributed by atoms with Crippen molar-refractivity contribution < 1.29 is 23.8 Å². The largest absolute Gasteiger partial charge is 0.493 e. The number of nitrogens with one attached hydrogen (secondary N) is 1. The zero-order valence-corrected chi connectivity index (χ0v) is 18.1. The predicted octanol–water partition coefficient (Wildman–Crippen LogP) is 3.55. The first kappa shape index (κ1) is 22.5. The van der Waals surface area contributed by atoms with E-state index in [0.29, 0.717) is 37.4 Å². The molecule has 0 spiro atoms. The molecule has 1 fully saturated rings. The first-order chi connectivity index (χ1) is 15.1. The number of likely N-dealkylation sites (tertiary alicyclic amines) is 1. The molecule has 1 heterocycles. The maximum absolute atomic E-state index is 12.6. The number of alkyl carbamates (subject to hydrolysis) is 1. The topological polar surface area (TPSA) is 77.1 Å².